The molecule has 2 N–H and O–H groups in total. The molecule has 3 aromatic rings. The number of para-hydroxylation sites is 2. The van der Waals surface area contributed by atoms with Gasteiger partial charge in [0.1, 0.15) is 11.5 Å². The highest BCUT2D eigenvalue weighted by Crippen LogP contribution is 2.49. The van der Waals surface area contributed by atoms with Crippen LogP contribution in [0.4, 0.5) is 5.69 Å². The van der Waals surface area contributed by atoms with Gasteiger partial charge in [-0.15, -0.1) is 0 Å². The number of rotatable bonds is 8. The lowest BCUT2D eigenvalue weighted by atomic mass is 9.84. The van der Waals surface area contributed by atoms with Gasteiger partial charge in [-0.2, -0.15) is 0 Å². The van der Waals surface area contributed by atoms with Crippen LogP contribution in [0.1, 0.15) is 43.0 Å². The van der Waals surface area contributed by atoms with Crippen LogP contribution in [0, 0.1) is 17.8 Å². The maximum atomic E-state index is 13.3. The van der Waals surface area contributed by atoms with Crippen LogP contribution < -0.4 is 20.1 Å². The van der Waals surface area contributed by atoms with E-state index in [9.17, 15) is 9.59 Å². The molecule has 0 spiro atoms. The monoisotopic (exact) mass is 472 g/mol. The lowest BCUT2D eigenvalue weighted by Gasteiger charge is -2.28. The normalized spacial score (nSPS) is 21.5. The Kier molecular flexibility index (Phi) is 6.62. The second-order valence-corrected chi connectivity index (χ2v) is 9.83. The van der Waals surface area contributed by atoms with Gasteiger partial charge >= 0.3 is 0 Å². The Hall–Kier alpha value is -3.54. The number of carbonyl (C=O) groups is 2. The number of benzene rings is 3. The van der Waals surface area contributed by atoms with Crippen molar-refractivity contribution in [1.29, 1.82) is 0 Å². The zero-order valence-electron chi connectivity index (χ0n) is 20.3. The lowest BCUT2D eigenvalue weighted by Crippen LogP contribution is -2.42. The quantitative estimate of drug-likeness (QED) is 0.459. The first-order chi connectivity index (χ1) is 17.0. The maximum absolute atomic E-state index is 13.3. The number of carbonyl (C=O) groups excluding carboxylic acids is 2. The van der Waals surface area contributed by atoms with Crippen molar-refractivity contribution in [2.45, 2.75) is 38.6 Å². The molecule has 0 saturated heterocycles. The van der Waals surface area contributed by atoms with Crippen LogP contribution in [-0.2, 0) is 4.79 Å². The van der Waals surface area contributed by atoms with Crippen LogP contribution in [-0.4, -0.2) is 31.6 Å². The van der Waals surface area contributed by atoms with Gasteiger partial charge in [-0.05, 0) is 79.0 Å². The number of ether oxygens (including phenoxy) is 2. The van der Waals surface area contributed by atoms with Crippen molar-refractivity contribution in [2.24, 2.45) is 17.8 Å². The number of methoxy groups -OCH3 is 1. The standard InChI is InChI=1S/C29H32N2O4/c1-18(23-14-19-11-12-22(23)13-19)30-28(32)17-35-27-16-21-8-4-3-7-20(21)15-24(27)29(33)31-25-9-5-6-10-26(25)34-2/h3-10,15-16,18-19,22-23H,11-14,17H2,1-2H3,(H,30,32)(H,31,33)/t18-,19-,22-,23-/m0/s1. The van der Waals surface area contributed by atoms with Gasteiger partial charge in [0.15, 0.2) is 6.61 Å². The average Bonchev–Trinajstić information content (AvgIpc) is 3.51. The van der Waals surface area contributed by atoms with Crippen LogP contribution in [0.2, 0.25) is 0 Å². The molecule has 0 aliphatic heterocycles. The first kappa shape index (κ1) is 23.2. The van der Waals surface area contributed by atoms with Crippen molar-refractivity contribution in [3.63, 3.8) is 0 Å². The number of fused-ring (bicyclic) bond motifs is 3. The summed E-state index contributed by atoms with van der Waals surface area (Å²) in [6.07, 6.45) is 5.15. The van der Waals surface area contributed by atoms with E-state index < -0.39 is 0 Å². The van der Waals surface area contributed by atoms with E-state index in [2.05, 4.69) is 17.6 Å². The molecule has 2 amide bonds. The molecule has 2 aliphatic carbocycles. The van der Waals surface area contributed by atoms with Crippen molar-refractivity contribution in [3.05, 3.63) is 66.2 Å². The van der Waals surface area contributed by atoms with Crippen molar-refractivity contribution in [1.82, 2.24) is 5.32 Å². The largest absolute Gasteiger partial charge is 0.495 e. The molecule has 3 aromatic carbocycles. The van der Waals surface area contributed by atoms with Gasteiger partial charge < -0.3 is 20.1 Å². The van der Waals surface area contributed by atoms with E-state index in [0.717, 1.165) is 22.6 Å². The summed E-state index contributed by atoms with van der Waals surface area (Å²) in [6, 6.07) is 18.8. The Labute approximate surface area is 206 Å². The number of anilines is 1. The van der Waals surface area contributed by atoms with Crippen molar-refractivity contribution in [3.8, 4) is 11.5 Å². The Morgan fingerprint density at radius 1 is 0.971 bits per heavy atom. The van der Waals surface area contributed by atoms with E-state index in [-0.39, 0.29) is 24.5 Å². The molecule has 0 aromatic heterocycles. The summed E-state index contributed by atoms with van der Waals surface area (Å²) in [5, 5.41) is 7.90. The molecule has 0 unspecified atom stereocenters. The smallest absolute Gasteiger partial charge is 0.259 e. The zero-order valence-corrected chi connectivity index (χ0v) is 20.3. The fourth-order valence-corrected chi connectivity index (χ4v) is 5.91. The summed E-state index contributed by atoms with van der Waals surface area (Å²) < 4.78 is 11.3. The molecular weight excluding hydrogens is 440 g/mol. The minimum Gasteiger partial charge on any atom is -0.495 e. The summed E-state index contributed by atoms with van der Waals surface area (Å²) in [5.74, 6) is 2.58. The van der Waals surface area contributed by atoms with E-state index >= 15 is 0 Å². The van der Waals surface area contributed by atoms with Gasteiger partial charge in [0.05, 0.1) is 18.4 Å². The molecule has 0 radical (unpaired) electrons. The molecular formula is C29H32N2O4. The summed E-state index contributed by atoms with van der Waals surface area (Å²) in [5.41, 5.74) is 0.931. The van der Waals surface area contributed by atoms with E-state index in [0.29, 0.717) is 28.7 Å². The van der Waals surface area contributed by atoms with Crippen LogP contribution in [0.3, 0.4) is 0 Å². The van der Waals surface area contributed by atoms with Gasteiger partial charge in [-0.1, -0.05) is 42.8 Å². The van der Waals surface area contributed by atoms with Crippen LogP contribution in [0.15, 0.2) is 60.7 Å². The first-order valence-corrected chi connectivity index (χ1v) is 12.4. The number of hydrogen-bond acceptors (Lipinski definition) is 4. The molecule has 6 nitrogen and oxygen atoms in total. The third-order valence-electron chi connectivity index (χ3n) is 7.63. The topological polar surface area (TPSA) is 76.7 Å². The zero-order chi connectivity index (χ0) is 24.4. The molecule has 2 aliphatic rings. The second kappa shape index (κ2) is 9.98. The minimum atomic E-state index is -0.328. The molecule has 2 saturated carbocycles. The molecule has 5 rings (SSSR count). The van der Waals surface area contributed by atoms with E-state index in [1.165, 1.54) is 25.7 Å². The average molecular weight is 473 g/mol. The number of nitrogens with one attached hydrogen (secondary N) is 2. The minimum absolute atomic E-state index is 0.131. The van der Waals surface area contributed by atoms with Gasteiger partial charge in [-0.25, -0.2) is 0 Å². The Morgan fingerprint density at radius 2 is 1.71 bits per heavy atom. The Balaban J connectivity index is 1.31. The predicted molar refractivity (Wildman–Crippen MR) is 137 cm³/mol. The van der Waals surface area contributed by atoms with E-state index in [4.69, 9.17) is 9.47 Å². The maximum Gasteiger partial charge on any atom is 0.259 e. The molecule has 4 atom stereocenters. The first-order valence-electron chi connectivity index (χ1n) is 12.4. The molecule has 0 heterocycles. The van der Waals surface area contributed by atoms with Crippen LogP contribution in [0.5, 0.6) is 11.5 Å². The summed E-state index contributed by atoms with van der Waals surface area (Å²) >= 11 is 0. The molecule has 6 heteroatoms. The Bertz CT molecular complexity index is 1240. The fourth-order valence-electron chi connectivity index (χ4n) is 5.91. The van der Waals surface area contributed by atoms with Gasteiger partial charge in [0.2, 0.25) is 0 Å². The van der Waals surface area contributed by atoms with Crippen molar-refractivity contribution in [2.75, 3.05) is 19.0 Å². The summed E-state index contributed by atoms with van der Waals surface area (Å²) in [4.78, 5) is 26.0. The highest BCUT2D eigenvalue weighted by Gasteiger charge is 2.42. The highest BCUT2D eigenvalue weighted by molar-refractivity contribution is 6.09. The van der Waals surface area contributed by atoms with Crippen molar-refractivity contribution < 1.29 is 19.1 Å². The highest BCUT2D eigenvalue weighted by atomic mass is 16.5. The SMILES string of the molecule is COc1ccccc1NC(=O)c1cc2ccccc2cc1OCC(=O)N[C@@H](C)[C@@H]1C[C@H]2CC[C@H]1C2. The summed E-state index contributed by atoms with van der Waals surface area (Å²) in [7, 11) is 1.56. The van der Waals surface area contributed by atoms with Crippen molar-refractivity contribution >= 4 is 28.3 Å². The lowest BCUT2D eigenvalue weighted by molar-refractivity contribution is -0.124. The third-order valence-corrected chi connectivity index (χ3v) is 7.63. The number of hydrogen-bond donors (Lipinski definition) is 2. The number of amides is 2. The predicted octanol–water partition coefficient (Wildman–Crippen LogP) is 5.42. The van der Waals surface area contributed by atoms with Crippen LogP contribution in [0.25, 0.3) is 10.8 Å². The van der Waals surface area contributed by atoms with E-state index in [1.54, 1.807) is 25.3 Å². The molecule has 35 heavy (non-hydrogen) atoms. The molecule has 182 valence electrons. The fraction of sp³-hybridized carbons (Fsp3) is 0.379. The Morgan fingerprint density at radius 3 is 2.43 bits per heavy atom. The molecule has 2 bridgehead atoms. The van der Waals surface area contributed by atoms with Gasteiger partial charge in [-0.3, -0.25) is 9.59 Å². The molecule has 2 fully saturated rings. The van der Waals surface area contributed by atoms with Gasteiger partial charge in [0.25, 0.3) is 11.8 Å². The second-order valence-electron chi connectivity index (χ2n) is 9.83. The van der Waals surface area contributed by atoms with Crippen LogP contribution >= 0.6 is 0 Å². The summed E-state index contributed by atoms with van der Waals surface area (Å²) in [6.45, 7) is 1.96. The van der Waals surface area contributed by atoms with Gasteiger partial charge in [0, 0.05) is 6.04 Å². The third kappa shape index (κ3) is 4.97. The van der Waals surface area contributed by atoms with E-state index in [1.807, 2.05) is 42.5 Å².